The minimum absolute atomic E-state index is 0.632. The van der Waals surface area contributed by atoms with E-state index < -0.39 is 0 Å². The van der Waals surface area contributed by atoms with E-state index >= 15 is 0 Å². The summed E-state index contributed by atoms with van der Waals surface area (Å²) in [4.78, 5) is 9.05. The van der Waals surface area contributed by atoms with E-state index in [1.807, 2.05) is 48.9 Å². The SMILES string of the molecule is Cc1nc(-c2ccccc2)c2c(Br)c(Cl)n(C)c2n1. The Kier molecular flexibility index (Phi) is 3.07. The van der Waals surface area contributed by atoms with Crippen LogP contribution in [0.2, 0.25) is 5.15 Å². The molecule has 0 bridgehead atoms. The molecule has 2 aromatic heterocycles. The summed E-state index contributed by atoms with van der Waals surface area (Å²) in [5.41, 5.74) is 2.79. The van der Waals surface area contributed by atoms with Crippen LogP contribution in [0, 0.1) is 6.92 Å². The van der Waals surface area contributed by atoms with Crippen LogP contribution < -0.4 is 0 Å². The molecule has 0 atom stereocenters. The van der Waals surface area contributed by atoms with Crippen LogP contribution in [0.3, 0.4) is 0 Å². The fraction of sp³-hybridized carbons (Fsp3) is 0.143. The summed E-state index contributed by atoms with van der Waals surface area (Å²) in [5.74, 6) is 0.733. The number of hydrogen-bond donors (Lipinski definition) is 0. The fourth-order valence-electron chi connectivity index (χ4n) is 2.15. The van der Waals surface area contributed by atoms with Gasteiger partial charge in [-0.05, 0) is 22.9 Å². The molecule has 0 amide bonds. The first-order valence-electron chi connectivity index (χ1n) is 5.83. The molecule has 3 aromatic rings. The Morgan fingerprint density at radius 3 is 2.53 bits per heavy atom. The lowest BCUT2D eigenvalue weighted by Gasteiger charge is -2.05. The number of fused-ring (bicyclic) bond motifs is 1. The van der Waals surface area contributed by atoms with Gasteiger partial charge in [-0.25, -0.2) is 9.97 Å². The molecule has 0 saturated heterocycles. The van der Waals surface area contributed by atoms with Gasteiger partial charge in [0.05, 0.1) is 15.6 Å². The zero-order valence-electron chi connectivity index (χ0n) is 10.5. The third-order valence-electron chi connectivity index (χ3n) is 3.06. The topological polar surface area (TPSA) is 30.7 Å². The van der Waals surface area contributed by atoms with Gasteiger partial charge >= 0.3 is 0 Å². The van der Waals surface area contributed by atoms with E-state index in [9.17, 15) is 0 Å². The number of benzene rings is 1. The summed E-state index contributed by atoms with van der Waals surface area (Å²) < 4.78 is 2.70. The lowest BCUT2D eigenvalue weighted by Crippen LogP contribution is -1.96. The van der Waals surface area contributed by atoms with Crippen molar-refractivity contribution in [1.29, 1.82) is 0 Å². The molecule has 3 nitrogen and oxygen atoms in total. The van der Waals surface area contributed by atoms with Crippen LogP contribution in [-0.4, -0.2) is 14.5 Å². The second kappa shape index (κ2) is 4.62. The van der Waals surface area contributed by atoms with Gasteiger partial charge in [0.1, 0.15) is 16.6 Å². The first-order valence-corrected chi connectivity index (χ1v) is 7.00. The molecule has 3 rings (SSSR count). The maximum atomic E-state index is 6.28. The quantitative estimate of drug-likeness (QED) is 0.661. The second-order valence-corrected chi connectivity index (χ2v) is 5.50. The van der Waals surface area contributed by atoms with Gasteiger partial charge in [-0.1, -0.05) is 41.9 Å². The number of aryl methyl sites for hydroxylation is 2. The Hall–Kier alpha value is -1.39. The summed E-state index contributed by atoms with van der Waals surface area (Å²) in [6.07, 6.45) is 0. The predicted molar refractivity (Wildman–Crippen MR) is 81.4 cm³/mol. The molecule has 96 valence electrons. The summed E-state index contributed by atoms with van der Waals surface area (Å²) in [7, 11) is 1.90. The molecule has 0 radical (unpaired) electrons. The number of rotatable bonds is 1. The predicted octanol–water partition coefficient (Wildman–Crippen LogP) is 4.36. The molecule has 0 aliphatic rings. The Morgan fingerprint density at radius 2 is 1.84 bits per heavy atom. The number of hydrogen-bond acceptors (Lipinski definition) is 2. The number of halogens is 2. The third kappa shape index (κ3) is 1.95. The molecular formula is C14H11BrClN3. The summed E-state index contributed by atoms with van der Waals surface area (Å²) in [6, 6.07) is 10.1. The molecule has 19 heavy (non-hydrogen) atoms. The summed E-state index contributed by atoms with van der Waals surface area (Å²) >= 11 is 9.82. The Bertz CT molecular complexity index is 765. The Balaban J connectivity index is 2.46. The van der Waals surface area contributed by atoms with Crippen LogP contribution in [0.25, 0.3) is 22.3 Å². The molecular weight excluding hydrogens is 326 g/mol. The van der Waals surface area contributed by atoms with Crippen LogP contribution in [0.5, 0.6) is 0 Å². The minimum atomic E-state index is 0.632. The average Bonchev–Trinajstić information content (AvgIpc) is 2.64. The third-order valence-corrected chi connectivity index (χ3v) is 4.50. The van der Waals surface area contributed by atoms with Crippen molar-refractivity contribution in [3.63, 3.8) is 0 Å². The van der Waals surface area contributed by atoms with Crippen LogP contribution in [0.1, 0.15) is 5.82 Å². The van der Waals surface area contributed by atoms with Crippen molar-refractivity contribution in [2.45, 2.75) is 6.92 Å². The van der Waals surface area contributed by atoms with Gasteiger partial charge < -0.3 is 4.57 Å². The van der Waals surface area contributed by atoms with Crippen molar-refractivity contribution in [3.8, 4) is 11.3 Å². The molecule has 5 heteroatoms. The molecule has 0 spiro atoms. The van der Waals surface area contributed by atoms with Gasteiger partial charge in [0, 0.05) is 12.6 Å². The van der Waals surface area contributed by atoms with Gasteiger partial charge in [0.25, 0.3) is 0 Å². The van der Waals surface area contributed by atoms with E-state index in [0.29, 0.717) is 5.15 Å². The Labute approximate surface area is 124 Å². The molecule has 2 heterocycles. The number of nitrogens with zero attached hydrogens (tertiary/aromatic N) is 3. The van der Waals surface area contributed by atoms with Crippen LogP contribution in [0.4, 0.5) is 0 Å². The zero-order chi connectivity index (χ0) is 13.6. The highest BCUT2D eigenvalue weighted by atomic mass is 79.9. The summed E-state index contributed by atoms with van der Waals surface area (Å²) in [6.45, 7) is 1.89. The maximum Gasteiger partial charge on any atom is 0.146 e. The molecule has 0 unspecified atom stereocenters. The largest absolute Gasteiger partial charge is 0.318 e. The maximum absolute atomic E-state index is 6.28. The van der Waals surface area contributed by atoms with Crippen LogP contribution in [0.15, 0.2) is 34.8 Å². The molecule has 0 aliphatic heterocycles. The lowest BCUT2D eigenvalue weighted by molar-refractivity contribution is 0.932. The van der Waals surface area contributed by atoms with E-state index in [2.05, 4.69) is 25.9 Å². The molecule has 0 saturated carbocycles. The van der Waals surface area contributed by atoms with Gasteiger partial charge in [-0.15, -0.1) is 0 Å². The smallest absolute Gasteiger partial charge is 0.146 e. The average molecular weight is 337 g/mol. The van der Waals surface area contributed by atoms with Gasteiger partial charge in [-0.3, -0.25) is 0 Å². The van der Waals surface area contributed by atoms with E-state index in [-0.39, 0.29) is 0 Å². The van der Waals surface area contributed by atoms with E-state index in [0.717, 1.165) is 32.6 Å². The van der Waals surface area contributed by atoms with E-state index in [1.165, 1.54) is 0 Å². The highest BCUT2D eigenvalue weighted by Crippen LogP contribution is 2.38. The van der Waals surface area contributed by atoms with Crippen molar-refractivity contribution in [2.75, 3.05) is 0 Å². The second-order valence-electron chi connectivity index (χ2n) is 4.35. The fourth-order valence-corrected chi connectivity index (χ4v) is 2.96. The van der Waals surface area contributed by atoms with Crippen molar-refractivity contribution in [2.24, 2.45) is 7.05 Å². The van der Waals surface area contributed by atoms with Gasteiger partial charge in [0.15, 0.2) is 0 Å². The first-order chi connectivity index (χ1) is 9.09. The molecule has 0 aliphatic carbocycles. The van der Waals surface area contributed by atoms with Gasteiger partial charge in [0.2, 0.25) is 0 Å². The van der Waals surface area contributed by atoms with Crippen molar-refractivity contribution in [1.82, 2.24) is 14.5 Å². The van der Waals surface area contributed by atoms with Crippen LogP contribution >= 0.6 is 27.5 Å². The highest BCUT2D eigenvalue weighted by Gasteiger charge is 2.18. The molecule has 0 N–H and O–H groups in total. The zero-order valence-corrected chi connectivity index (χ0v) is 12.8. The Morgan fingerprint density at radius 1 is 1.16 bits per heavy atom. The summed E-state index contributed by atoms with van der Waals surface area (Å²) in [5, 5.41) is 1.58. The monoisotopic (exact) mass is 335 g/mol. The van der Waals surface area contributed by atoms with Crippen molar-refractivity contribution in [3.05, 3.63) is 45.8 Å². The minimum Gasteiger partial charge on any atom is -0.318 e. The number of aromatic nitrogens is 3. The van der Waals surface area contributed by atoms with Gasteiger partial charge in [-0.2, -0.15) is 0 Å². The molecule has 1 aromatic carbocycles. The highest BCUT2D eigenvalue weighted by molar-refractivity contribution is 9.10. The normalized spacial score (nSPS) is 11.2. The van der Waals surface area contributed by atoms with E-state index in [4.69, 9.17) is 11.6 Å². The van der Waals surface area contributed by atoms with Crippen LogP contribution in [-0.2, 0) is 7.05 Å². The van der Waals surface area contributed by atoms with Crippen molar-refractivity contribution < 1.29 is 0 Å². The van der Waals surface area contributed by atoms with Crippen molar-refractivity contribution >= 4 is 38.6 Å². The lowest BCUT2D eigenvalue weighted by atomic mass is 10.1. The standard InChI is InChI=1S/C14H11BrClN3/c1-8-17-12(9-6-4-3-5-7-9)10-11(15)13(16)19(2)14(10)18-8/h3-7H,1-2H3. The first kappa shape index (κ1) is 12.6. The molecule has 0 fully saturated rings. The van der Waals surface area contributed by atoms with E-state index in [1.54, 1.807) is 0 Å².